The van der Waals surface area contributed by atoms with E-state index in [0.717, 1.165) is 50.5 Å². The molecule has 3 atom stereocenters. The Bertz CT molecular complexity index is 1430. The fraction of sp³-hybridized carbons (Fsp3) is 0.440. The zero-order valence-electron chi connectivity index (χ0n) is 19.4. The summed E-state index contributed by atoms with van der Waals surface area (Å²) in [6.45, 7) is 4.72. The maximum atomic E-state index is 9.62. The van der Waals surface area contributed by atoms with Crippen LogP contribution in [0.1, 0.15) is 45.1 Å². The molecule has 8 heteroatoms. The molecule has 0 saturated carbocycles. The number of pyridine rings is 1. The Morgan fingerprint density at radius 1 is 1.18 bits per heavy atom. The quantitative estimate of drug-likeness (QED) is 0.484. The van der Waals surface area contributed by atoms with Crippen LogP contribution in [0.2, 0.25) is 0 Å². The van der Waals surface area contributed by atoms with Crippen molar-refractivity contribution < 1.29 is 0 Å². The number of aryl methyl sites for hydroxylation is 1. The third kappa shape index (κ3) is 3.38. The summed E-state index contributed by atoms with van der Waals surface area (Å²) in [5.74, 6) is 0. The van der Waals surface area contributed by atoms with Gasteiger partial charge in [-0.05, 0) is 63.8 Å². The summed E-state index contributed by atoms with van der Waals surface area (Å²) >= 11 is 1.65. The van der Waals surface area contributed by atoms with E-state index in [1.165, 1.54) is 12.8 Å². The molecular weight excluding hydrogens is 430 g/mol. The number of hydrogen-bond acceptors (Lipinski definition) is 7. The van der Waals surface area contributed by atoms with Gasteiger partial charge in [0.2, 0.25) is 0 Å². The Morgan fingerprint density at radius 3 is 2.67 bits per heavy atom. The highest BCUT2D eigenvalue weighted by Gasteiger charge is 2.49. The van der Waals surface area contributed by atoms with Gasteiger partial charge in [-0.3, -0.25) is 4.68 Å². The van der Waals surface area contributed by atoms with Gasteiger partial charge in [-0.15, -0.1) is 0 Å². The number of fused-ring (bicyclic) bond motifs is 4. The Morgan fingerprint density at radius 2 is 1.94 bits per heavy atom. The van der Waals surface area contributed by atoms with Gasteiger partial charge in [0.1, 0.15) is 21.9 Å². The van der Waals surface area contributed by atoms with E-state index in [-0.39, 0.29) is 11.1 Å². The highest BCUT2D eigenvalue weighted by molar-refractivity contribution is 7.21. The number of nitrogens with one attached hydrogen (secondary N) is 1. The van der Waals surface area contributed by atoms with Gasteiger partial charge in [-0.25, -0.2) is 9.97 Å². The highest BCUT2D eigenvalue weighted by atomic mass is 32.1. The van der Waals surface area contributed by atoms with Crippen molar-refractivity contribution in [2.24, 2.45) is 7.05 Å². The molecule has 2 bridgehead atoms. The summed E-state index contributed by atoms with van der Waals surface area (Å²) in [7, 11) is 4.05. The van der Waals surface area contributed by atoms with Gasteiger partial charge < -0.3 is 10.2 Å². The molecule has 33 heavy (non-hydrogen) atoms. The highest BCUT2D eigenvalue weighted by Crippen LogP contribution is 2.44. The maximum Gasteiger partial charge on any atom is 0.187 e. The number of rotatable bonds is 3. The van der Waals surface area contributed by atoms with Crippen LogP contribution in [0.5, 0.6) is 0 Å². The zero-order chi connectivity index (χ0) is 23.0. The summed E-state index contributed by atoms with van der Waals surface area (Å²) in [6.07, 6.45) is 6.69. The number of piperidine rings is 1. The second-order valence-corrected chi connectivity index (χ2v) is 11.3. The van der Waals surface area contributed by atoms with Crippen LogP contribution in [0.4, 0.5) is 5.13 Å². The zero-order valence-corrected chi connectivity index (χ0v) is 20.2. The minimum atomic E-state index is 0.220. The second-order valence-electron chi connectivity index (χ2n) is 10.3. The van der Waals surface area contributed by atoms with Crippen LogP contribution < -0.4 is 10.2 Å². The van der Waals surface area contributed by atoms with Crippen molar-refractivity contribution >= 4 is 37.7 Å². The van der Waals surface area contributed by atoms with Crippen LogP contribution in [0.25, 0.3) is 32.5 Å². The summed E-state index contributed by atoms with van der Waals surface area (Å²) in [5, 5.41) is 19.9. The lowest BCUT2D eigenvalue weighted by Gasteiger charge is -2.45. The third-order valence-electron chi connectivity index (χ3n) is 7.44. The van der Waals surface area contributed by atoms with Crippen LogP contribution in [-0.2, 0) is 7.05 Å². The van der Waals surface area contributed by atoms with E-state index in [1.54, 1.807) is 16.0 Å². The molecule has 1 aromatic carbocycles. The van der Waals surface area contributed by atoms with E-state index < -0.39 is 0 Å². The van der Waals surface area contributed by atoms with Gasteiger partial charge in [-0.2, -0.15) is 10.4 Å². The summed E-state index contributed by atoms with van der Waals surface area (Å²) in [4.78, 5) is 13.1. The first kappa shape index (κ1) is 20.6. The standard InChI is InChI=1S/C25H27N7S/c1-24-7-8-25(2,30-24)12-18(11-24)32(4)23-28-20-6-5-19(27-22(20)33-23)15-9-16(13-26)21-17(10-15)14-31(3)29-21/h5-6,9-10,14,18,30H,7-8,11-12H2,1-4H3/t18-,24+,25-. The van der Waals surface area contributed by atoms with Crippen LogP contribution in [0.15, 0.2) is 30.5 Å². The number of anilines is 1. The van der Waals surface area contributed by atoms with E-state index in [4.69, 9.17) is 9.97 Å². The van der Waals surface area contributed by atoms with Gasteiger partial charge in [-0.1, -0.05) is 11.3 Å². The summed E-state index contributed by atoms with van der Waals surface area (Å²) < 4.78 is 1.74. The first-order chi connectivity index (χ1) is 15.7. The average molecular weight is 458 g/mol. The van der Waals surface area contributed by atoms with Gasteiger partial charge in [0.05, 0.1) is 11.3 Å². The molecule has 0 aliphatic carbocycles. The molecule has 0 spiro atoms. The normalized spacial score (nSPS) is 26.7. The third-order valence-corrected chi connectivity index (χ3v) is 8.49. The molecule has 2 aliphatic rings. The number of nitrogens with zero attached hydrogens (tertiary/aromatic N) is 6. The molecule has 0 amide bonds. The number of benzene rings is 1. The fourth-order valence-electron chi connectivity index (χ4n) is 5.86. The number of nitriles is 1. The number of aromatic nitrogens is 4. The topological polar surface area (TPSA) is 82.7 Å². The second kappa shape index (κ2) is 6.99. The smallest absolute Gasteiger partial charge is 0.187 e. The van der Waals surface area contributed by atoms with Crippen LogP contribution in [0.3, 0.4) is 0 Å². The van der Waals surface area contributed by atoms with E-state index in [1.807, 2.05) is 31.4 Å². The molecule has 0 unspecified atom stereocenters. The van der Waals surface area contributed by atoms with E-state index >= 15 is 0 Å². The molecule has 6 rings (SSSR count). The first-order valence-electron chi connectivity index (χ1n) is 11.4. The van der Waals surface area contributed by atoms with E-state index in [0.29, 0.717) is 11.6 Å². The molecule has 2 fully saturated rings. The van der Waals surface area contributed by atoms with Gasteiger partial charge in [0.15, 0.2) is 5.13 Å². The fourth-order valence-corrected chi connectivity index (χ4v) is 6.83. The minimum absolute atomic E-state index is 0.220. The van der Waals surface area contributed by atoms with Gasteiger partial charge >= 0.3 is 0 Å². The van der Waals surface area contributed by atoms with Crippen molar-refractivity contribution in [3.05, 3.63) is 36.0 Å². The van der Waals surface area contributed by atoms with Crippen LogP contribution in [-0.4, -0.2) is 43.9 Å². The lowest BCUT2D eigenvalue weighted by Crippen LogP contribution is -2.58. The van der Waals surface area contributed by atoms with Crippen molar-refractivity contribution in [2.75, 3.05) is 11.9 Å². The van der Waals surface area contributed by atoms with Gasteiger partial charge in [0.25, 0.3) is 0 Å². The molecule has 2 aliphatic heterocycles. The van der Waals surface area contributed by atoms with Crippen LogP contribution >= 0.6 is 11.3 Å². The molecule has 5 heterocycles. The molecule has 3 aromatic heterocycles. The monoisotopic (exact) mass is 457 g/mol. The Labute approximate surface area is 197 Å². The molecule has 168 valence electrons. The van der Waals surface area contributed by atoms with Crippen molar-refractivity contribution in [3.8, 4) is 17.3 Å². The molecule has 0 radical (unpaired) electrons. The number of hydrogen-bond donors (Lipinski definition) is 1. The van der Waals surface area contributed by atoms with Crippen molar-refractivity contribution in [3.63, 3.8) is 0 Å². The predicted molar refractivity (Wildman–Crippen MR) is 132 cm³/mol. The van der Waals surface area contributed by atoms with Crippen molar-refractivity contribution in [1.82, 2.24) is 25.1 Å². The maximum absolute atomic E-state index is 9.62. The molecule has 4 aromatic rings. The lowest BCUT2D eigenvalue weighted by molar-refractivity contribution is 0.208. The average Bonchev–Trinajstić information content (AvgIpc) is 3.43. The Balaban J connectivity index is 1.34. The van der Waals surface area contributed by atoms with Crippen molar-refractivity contribution in [2.45, 2.75) is 56.7 Å². The van der Waals surface area contributed by atoms with E-state index in [9.17, 15) is 5.26 Å². The predicted octanol–water partition coefficient (Wildman–Crippen LogP) is 4.62. The SMILES string of the molecule is CN(c1nc2ccc(-c3cc(C#N)c4nn(C)cc4c3)nc2s1)[C@@H]1C[C@]2(C)CC[C@](C)(C1)N2. The molecule has 7 nitrogen and oxygen atoms in total. The molecule has 1 N–H and O–H groups in total. The lowest BCUT2D eigenvalue weighted by atomic mass is 9.84. The Hall–Kier alpha value is -3.02. The minimum Gasteiger partial charge on any atom is -0.348 e. The van der Waals surface area contributed by atoms with Crippen LogP contribution in [0, 0.1) is 11.3 Å². The summed E-state index contributed by atoms with van der Waals surface area (Å²) in [5.41, 5.74) is 4.43. The van der Waals surface area contributed by atoms with Crippen molar-refractivity contribution in [1.29, 1.82) is 5.26 Å². The van der Waals surface area contributed by atoms with Gasteiger partial charge in [0, 0.05) is 48.4 Å². The largest absolute Gasteiger partial charge is 0.348 e. The molecular formula is C25H27N7S. The number of thiazole rings is 1. The van der Waals surface area contributed by atoms with E-state index in [2.05, 4.69) is 48.3 Å². The first-order valence-corrected chi connectivity index (χ1v) is 12.2. The summed E-state index contributed by atoms with van der Waals surface area (Å²) in [6, 6.07) is 10.7. The molecule has 2 saturated heterocycles. The Kier molecular flexibility index (Phi) is 4.36.